The van der Waals surface area contributed by atoms with Crippen LogP contribution >= 0.6 is 0 Å². The minimum atomic E-state index is -0.0940. The Morgan fingerprint density at radius 3 is 2.38 bits per heavy atom. The zero-order chi connectivity index (χ0) is 20.1. The highest BCUT2D eigenvalue weighted by molar-refractivity contribution is 5.95. The number of anilines is 1. The third kappa shape index (κ3) is 4.58. The van der Waals surface area contributed by atoms with Gasteiger partial charge in [-0.1, -0.05) is 66.2 Å². The average Bonchev–Trinajstić information content (AvgIpc) is 3.23. The summed E-state index contributed by atoms with van der Waals surface area (Å²) in [5.41, 5.74) is 4.87. The molecule has 1 N–H and O–H groups in total. The maximum Gasteiger partial charge on any atom is 0.247 e. The smallest absolute Gasteiger partial charge is 0.247 e. The van der Waals surface area contributed by atoms with Gasteiger partial charge in [-0.3, -0.25) is 4.79 Å². The van der Waals surface area contributed by atoms with E-state index in [1.807, 2.05) is 85.8 Å². The van der Waals surface area contributed by atoms with Crippen molar-refractivity contribution >= 4 is 11.6 Å². The first-order valence-corrected chi connectivity index (χ1v) is 9.53. The van der Waals surface area contributed by atoms with Gasteiger partial charge in [0.15, 0.2) is 0 Å². The molecular weight excluding hydrogens is 362 g/mol. The van der Waals surface area contributed by atoms with Gasteiger partial charge in [0, 0.05) is 29.7 Å². The third-order valence-corrected chi connectivity index (χ3v) is 4.62. The maximum atomic E-state index is 12.5. The molecule has 5 nitrogen and oxygen atoms in total. The summed E-state index contributed by atoms with van der Waals surface area (Å²) in [7, 11) is 0. The van der Waals surface area contributed by atoms with Gasteiger partial charge >= 0.3 is 0 Å². The van der Waals surface area contributed by atoms with E-state index in [9.17, 15) is 4.79 Å². The van der Waals surface area contributed by atoms with Gasteiger partial charge < -0.3 is 9.73 Å². The number of hydrogen-bond acceptors (Lipinski definition) is 4. The molecule has 1 amide bonds. The van der Waals surface area contributed by atoms with Crippen LogP contribution in [0.15, 0.2) is 83.3 Å². The Morgan fingerprint density at radius 1 is 0.862 bits per heavy atom. The van der Waals surface area contributed by atoms with Crippen molar-refractivity contribution in [1.29, 1.82) is 0 Å². The molecule has 0 aliphatic rings. The van der Waals surface area contributed by atoms with Gasteiger partial charge in [0.1, 0.15) is 0 Å². The highest BCUT2D eigenvalue weighted by Crippen LogP contribution is 2.27. The predicted octanol–water partition coefficient (Wildman–Crippen LogP) is 5.28. The minimum Gasteiger partial charge on any atom is -0.421 e. The number of para-hydroxylation sites is 1. The Labute approximate surface area is 169 Å². The molecule has 0 saturated carbocycles. The molecule has 0 bridgehead atoms. The van der Waals surface area contributed by atoms with Crippen LogP contribution in [0.5, 0.6) is 0 Å². The number of amides is 1. The van der Waals surface area contributed by atoms with Crippen molar-refractivity contribution in [2.75, 3.05) is 5.32 Å². The molecule has 0 aliphatic carbocycles. The molecule has 0 spiro atoms. The number of carbonyl (C=O) groups is 1. The summed E-state index contributed by atoms with van der Waals surface area (Å²) in [5, 5.41) is 11.1. The van der Waals surface area contributed by atoms with Crippen molar-refractivity contribution < 1.29 is 9.21 Å². The summed E-state index contributed by atoms with van der Waals surface area (Å²) in [6, 6.07) is 25.6. The second-order valence-electron chi connectivity index (χ2n) is 6.83. The number of aryl methyl sites for hydroxylation is 2. The summed E-state index contributed by atoms with van der Waals surface area (Å²) in [6.45, 7) is 2.03. The highest BCUT2D eigenvalue weighted by Gasteiger charge is 2.12. The van der Waals surface area contributed by atoms with E-state index >= 15 is 0 Å². The Morgan fingerprint density at radius 2 is 1.59 bits per heavy atom. The molecule has 3 aromatic carbocycles. The van der Waals surface area contributed by atoms with E-state index in [2.05, 4.69) is 15.5 Å². The van der Waals surface area contributed by atoms with E-state index in [0.717, 1.165) is 22.4 Å². The zero-order valence-electron chi connectivity index (χ0n) is 16.1. The molecule has 29 heavy (non-hydrogen) atoms. The molecule has 0 aliphatic heterocycles. The van der Waals surface area contributed by atoms with Gasteiger partial charge in [0.05, 0.1) is 0 Å². The average molecular weight is 383 g/mol. The van der Waals surface area contributed by atoms with Crippen molar-refractivity contribution in [3.05, 3.63) is 90.3 Å². The maximum absolute atomic E-state index is 12.5. The molecule has 1 aromatic heterocycles. The van der Waals surface area contributed by atoms with Crippen LogP contribution in [0.1, 0.15) is 17.9 Å². The van der Waals surface area contributed by atoms with Crippen LogP contribution in [0, 0.1) is 6.92 Å². The first kappa shape index (κ1) is 18.6. The van der Waals surface area contributed by atoms with Crippen molar-refractivity contribution in [3.8, 4) is 22.6 Å². The number of nitrogens with zero attached hydrogens (tertiary/aromatic N) is 2. The van der Waals surface area contributed by atoms with Gasteiger partial charge in [0.2, 0.25) is 17.7 Å². The van der Waals surface area contributed by atoms with Crippen molar-refractivity contribution in [2.45, 2.75) is 19.8 Å². The van der Waals surface area contributed by atoms with Crippen LogP contribution in [0.25, 0.3) is 22.6 Å². The Kier molecular flexibility index (Phi) is 5.47. The predicted molar refractivity (Wildman–Crippen MR) is 113 cm³/mol. The van der Waals surface area contributed by atoms with Gasteiger partial charge in [-0.15, -0.1) is 10.2 Å². The van der Waals surface area contributed by atoms with E-state index in [1.165, 1.54) is 5.56 Å². The highest BCUT2D eigenvalue weighted by atomic mass is 16.4. The van der Waals surface area contributed by atoms with Gasteiger partial charge in [0.25, 0.3) is 0 Å². The van der Waals surface area contributed by atoms with Crippen LogP contribution in [0.4, 0.5) is 5.69 Å². The largest absolute Gasteiger partial charge is 0.421 e. The lowest BCUT2D eigenvalue weighted by Gasteiger charge is -2.11. The van der Waals surface area contributed by atoms with E-state index in [-0.39, 0.29) is 12.3 Å². The fourth-order valence-electron chi connectivity index (χ4n) is 3.06. The van der Waals surface area contributed by atoms with E-state index < -0.39 is 0 Å². The van der Waals surface area contributed by atoms with E-state index in [0.29, 0.717) is 18.2 Å². The third-order valence-electron chi connectivity index (χ3n) is 4.62. The SMILES string of the molecule is Cc1ccc(-c2nnc(CCC(=O)Nc3ccccc3-c3ccccc3)o2)cc1. The van der Waals surface area contributed by atoms with Crippen LogP contribution in [0.2, 0.25) is 0 Å². The monoisotopic (exact) mass is 383 g/mol. The van der Waals surface area contributed by atoms with Gasteiger partial charge in [-0.2, -0.15) is 0 Å². The van der Waals surface area contributed by atoms with Crippen LogP contribution in [-0.4, -0.2) is 16.1 Å². The van der Waals surface area contributed by atoms with Gasteiger partial charge in [-0.25, -0.2) is 0 Å². The van der Waals surface area contributed by atoms with Crippen LogP contribution < -0.4 is 5.32 Å². The normalized spacial score (nSPS) is 10.7. The van der Waals surface area contributed by atoms with Gasteiger partial charge in [-0.05, 0) is 30.7 Å². The fourth-order valence-corrected chi connectivity index (χ4v) is 3.06. The summed E-state index contributed by atoms with van der Waals surface area (Å²) in [5.74, 6) is 0.824. The van der Waals surface area contributed by atoms with E-state index in [1.54, 1.807) is 0 Å². The zero-order valence-corrected chi connectivity index (χ0v) is 16.1. The summed E-state index contributed by atoms with van der Waals surface area (Å²) >= 11 is 0. The van der Waals surface area contributed by atoms with Crippen LogP contribution in [0.3, 0.4) is 0 Å². The number of aromatic nitrogens is 2. The Hall–Kier alpha value is -3.73. The Bertz CT molecular complexity index is 1100. The minimum absolute atomic E-state index is 0.0940. The number of rotatable bonds is 6. The van der Waals surface area contributed by atoms with Crippen molar-refractivity contribution in [1.82, 2.24) is 10.2 Å². The number of carbonyl (C=O) groups excluding carboxylic acids is 1. The number of hydrogen-bond donors (Lipinski definition) is 1. The summed E-state index contributed by atoms with van der Waals surface area (Å²) in [4.78, 5) is 12.5. The molecule has 0 unspecified atom stereocenters. The summed E-state index contributed by atoms with van der Waals surface area (Å²) < 4.78 is 5.70. The second kappa shape index (κ2) is 8.52. The van der Waals surface area contributed by atoms with Crippen LogP contribution in [-0.2, 0) is 11.2 Å². The summed E-state index contributed by atoms with van der Waals surface area (Å²) in [6.07, 6.45) is 0.650. The van der Waals surface area contributed by atoms with Crippen molar-refractivity contribution in [2.24, 2.45) is 0 Å². The molecule has 4 aromatic rings. The molecule has 0 atom stereocenters. The lowest BCUT2D eigenvalue weighted by molar-refractivity contribution is -0.116. The molecule has 0 saturated heterocycles. The molecule has 144 valence electrons. The first-order valence-electron chi connectivity index (χ1n) is 9.53. The lowest BCUT2D eigenvalue weighted by Crippen LogP contribution is -2.13. The molecule has 1 heterocycles. The number of benzene rings is 3. The molecule has 0 fully saturated rings. The quantitative estimate of drug-likeness (QED) is 0.492. The fraction of sp³-hybridized carbons (Fsp3) is 0.125. The topological polar surface area (TPSA) is 68.0 Å². The Balaban J connectivity index is 1.40. The molecule has 0 radical (unpaired) electrons. The van der Waals surface area contributed by atoms with E-state index in [4.69, 9.17) is 4.42 Å². The number of nitrogens with one attached hydrogen (secondary N) is 1. The molecule has 5 heteroatoms. The molecule has 4 rings (SSSR count). The standard InChI is InChI=1S/C24H21N3O2/c1-17-11-13-19(14-12-17)24-27-26-23(29-24)16-15-22(28)25-21-10-6-5-9-20(21)18-7-3-2-4-8-18/h2-14H,15-16H2,1H3,(H,25,28). The second-order valence-corrected chi connectivity index (χ2v) is 6.83. The lowest BCUT2D eigenvalue weighted by atomic mass is 10.0. The first-order chi connectivity index (χ1) is 14.2. The molecular formula is C24H21N3O2. The van der Waals surface area contributed by atoms with Crippen molar-refractivity contribution in [3.63, 3.8) is 0 Å².